The summed E-state index contributed by atoms with van der Waals surface area (Å²) in [5, 5.41) is 0. The van der Waals surface area contributed by atoms with Gasteiger partial charge in [-0.2, -0.15) is 0 Å². The van der Waals surface area contributed by atoms with Crippen molar-refractivity contribution in [3.05, 3.63) is 35.9 Å². The summed E-state index contributed by atoms with van der Waals surface area (Å²) < 4.78 is 0. The first-order valence-electron chi connectivity index (χ1n) is 6.77. The third kappa shape index (κ3) is 2.15. The topological polar surface area (TPSA) is 23.6 Å². The zero-order chi connectivity index (χ0) is 12.5. The predicted octanol–water partition coefficient (Wildman–Crippen LogP) is 1.53. The molecule has 3 nitrogen and oxygen atoms in total. The average Bonchev–Trinajstić information content (AvgIpc) is 2.63. The van der Waals surface area contributed by atoms with Crippen LogP contribution in [0.1, 0.15) is 18.4 Å². The van der Waals surface area contributed by atoms with Gasteiger partial charge in [-0.3, -0.25) is 4.79 Å². The van der Waals surface area contributed by atoms with E-state index in [0.29, 0.717) is 24.4 Å². The van der Waals surface area contributed by atoms with Gasteiger partial charge < -0.3 is 9.80 Å². The minimum Gasteiger partial charge on any atom is -0.334 e. The minimum atomic E-state index is 0.307. The quantitative estimate of drug-likeness (QED) is 0.788. The number of amides is 1. The lowest BCUT2D eigenvalue weighted by molar-refractivity contribution is -0.135. The van der Waals surface area contributed by atoms with Gasteiger partial charge >= 0.3 is 0 Å². The van der Waals surface area contributed by atoms with Crippen LogP contribution in [0.3, 0.4) is 0 Å². The van der Waals surface area contributed by atoms with Crippen LogP contribution in [0.2, 0.25) is 0 Å². The summed E-state index contributed by atoms with van der Waals surface area (Å²) in [5.74, 6) is 0.307. The maximum Gasteiger partial charge on any atom is 0.227 e. The first-order valence-corrected chi connectivity index (χ1v) is 6.77. The highest BCUT2D eigenvalue weighted by molar-refractivity contribution is 5.80. The smallest absolute Gasteiger partial charge is 0.227 e. The minimum absolute atomic E-state index is 0.307. The maximum absolute atomic E-state index is 12.4. The van der Waals surface area contributed by atoms with Crippen LogP contribution in [0.25, 0.3) is 0 Å². The molecule has 0 N–H and O–H groups in total. The highest BCUT2D eigenvalue weighted by Gasteiger charge is 2.41. The summed E-state index contributed by atoms with van der Waals surface area (Å²) in [6, 6.07) is 11.0. The standard InChI is InChI=1S/C15H20N2O/c1-16-10-13-7-8-14(11-16)17(13)15(18)9-12-5-3-2-4-6-12/h2-6,13-14H,7-11H2,1H3/t13-,14+. The maximum atomic E-state index is 12.4. The monoisotopic (exact) mass is 244 g/mol. The molecule has 2 atom stereocenters. The van der Waals surface area contributed by atoms with Crippen LogP contribution in [0.5, 0.6) is 0 Å². The number of hydrogen-bond donors (Lipinski definition) is 0. The molecule has 2 aliphatic rings. The van der Waals surface area contributed by atoms with Crippen molar-refractivity contribution < 1.29 is 4.79 Å². The number of fused-ring (bicyclic) bond motifs is 2. The van der Waals surface area contributed by atoms with Gasteiger partial charge in [0.1, 0.15) is 0 Å². The van der Waals surface area contributed by atoms with Crippen molar-refractivity contribution in [2.24, 2.45) is 0 Å². The zero-order valence-corrected chi connectivity index (χ0v) is 10.9. The van der Waals surface area contributed by atoms with E-state index >= 15 is 0 Å². The Bertz CT molecular complexity index is 417. The molecule has 1 aromatic rings. The van der Waals surface area contributed by atoms with Gasteiger partial charge in [0.2, 0.25) is 5.91 Å². The number of piperazine rings is 1. The lowest BCUT2D eigenvalue weighted by Crippen LogP contribution is -2.54. The molecule has 2 fully saturated rings. The van der Waals surface area contributed by atoms with Crippen molar-refractivity contribution in [3.63, 3.8) is 0 Å². The third-order valence-electron chi connectivity index (χ3n) is 4.15. The van der Waals surface area contributed by atoms with Crippen LogP contribution in [-0.2, 0) is 11.2 Å². The van der Waals surface area contributed by atoms with Gasteiger partial charge in [-0.15, -0.1) is 0 Å². The van der Waals surface area contributed by atoms with Crippen LogP contribution in [-0.4, -0.2) is 47.9 Å². The Morgan fingerprint density at radius 3 is 2.39 bits per heavy atom. The van der Waals surface area contributed by atoms with Gasteiger partial charge in [0, 0.05) is 25.2 Å². The third-order valence-corrected chi connectivity index (χ3v) is 4.15. The number of likely N-dealkylation sites (tertiary alicyclic amines) is 1. The first kappa shape index (κ1) is 11.7. The van der Waals surface area contributed by atoms with Crippen molar-refractivity contribution >= 4 is 5.91 Å². The Kier molecular flexibility index (Phi) is 3.08. The molecule has 2 bridgehead atoms. The van der Waals surface area contributed by atoms with Gasteiger partial charge in [-0.25, -0.2) is 0 Å². The van der Waals surface area contributed by atoms with Crippen LogP contribution < -0.4 is 0 Å². The van der Waals surface area contributed by atoms with E-state index in [1.165, 1.54) is 12.8 Å². The first-order chi connectivity index (χ1) is 8.74. The molecule has 3 heteroatoms. The zero-order valence-electron chi connectivity index (χ0n) is 10.9. The van der Waals surface area contributed by atoms with Crippen LogP contribution in [0.4, 0.5) is 0 Å². The van der Waals surface area contributed by atoms with E-state index in [0.717, 1.165) is 18.7 Å². The van der Waals surface area contributed by atoms with Crippen LogP contribution in [0.15, 0.2) is 30.3 Å². The van der Waals surface area contributed by atoms with Crippen molar-refractivity contribution in [1.29, 1.82) is 0 Å². The second-order valence-corrected chi connectivity index (χ2v) is 5.57. The van der Waals surface area contributed by atoms with Gasteiger partial charge in [-0.05, 0) is 25.5 Å². The van der Waals surface area contributed by atoms with Gasteiger partial charge in [0.05, 0.1) is 6.42 Å². The van der Waals surface area contributed by atoms with Crippen LogP contribution >= 0.6 is 0 Å². The molecule has 2 saturated heterocycles. The molecule has 0 aliphatic carbocycles. The molecule has 2 heterocycles. The summed E-state index contributed by atoms with van der Waals surface area (Å²) >= 11 is 0. The Hall–Kier alpha value is -1.35. The molecule has 3 rings (SSSR count). The molecule has 0 spiro atoms. The predicted molar refractivity (Wildman–Crippen MR) is 71.3 cm³/mol. The van der Waals surface area contributed by atoms with E-state index in [2.05, 4.69) is 16.8 Å². The van der Waals surface area contributed by atoms with Gasteiger partial charge in [0.25, 0.3) is 0 Å². The normalized spacial score (nSPS) is 27.5. The van der Waals surface area contributed by atoms with Crippen molar-refractivity contribution in [2.75, 3.05) is 20.1 Å². The SMILES string of the molecule is CN1C[C@H]2CC[C@@H](C1)N2C(=O)Cc1ccccc1. The lowest BCUT2D eigenvalue weighted by atomic mass is 10.1. The van der Waals surface area contributed by atoms with Gasteiger partial charge in [-0.1, -0.05) is 30.3 Å². The Morgan fingerprint density at radius 2 is 1.78 bits per heavy atom. The van der Waals surface area contributed by atoms with Gasteiger partial charge in [0.15, 0.2) is 0 Å². The van der Waals surface area contributed by atoms with Crippen molar-refractivity contribution in [2.45, 2.75) is 31.3 Å². The van der Waals surface area contributed by atoms with Crippen molar-refractivity contribution in [1.82, 2.24) is 9.80 Å². The fraction of sp³-hybridized carbons (Fsp3) is 0.533. The molecule has 1 amide bonds. The highest BCUT2D eigenvalue weighted by atomic mass is 16.2. The number of hydrogen-bond acceptors (Lipinski definition) is 2. The summed E-state index contributed by atoms with van der Waals surface area (Å²) in [6.45, 7) is 2.08. The average molecular weight is 244 g/mol. The highest BCUT2D eigenvalue weighted by Crippen LogP contribution is 2.30. The fourth-order valence-electron chi connectivity index (χ4n) is 3.38. The second kappa shape index (κ2) is 4.73. The number of carbonyl (C=O) groups is 1. The van der Waals surface area contributed by atoms with E-state index in [9.17, 15) is 4.79 Å². The van der Waals surface area contributed by atoms with E-state index in [-0.39, 0.29) is 0 Å². The molecule has 1 aromatic carbocycles. The fourth-order valence-corrected chi connectivity index (χ4v) is 3.38. The summed E-state index contributed by atoms with van der Waals surface area (Å²) in [4.78, 5) is 17.0. The molecule has 18 heavy (non-hydrogen) atoms. The lowest BCUT2D eigenvalue weighted by Gasteiger charge is -2.39. The van der Waals surface area contributed by atoms with E-state index in [1.54, 1.807) is 0 Å². The van der Waals surface area contributed by atoms with Crippen molar-refractivity contribution in [3.8, 4) is 0 Å². The molecule has 0 saturated carbocycles. The summed E-state index contributed by atoms with van der Waals surface area (Å²) in [6.07, 6.45) is 2.91. The Labute approximate surface area is 108 Å². The molecular formula is C15H20N2O. The molecule has 0 radical (unpaired) electrons. The molecule has 96 valence electrons. The molecule has 2 aliphatic heterocycles. The Morgan fingerprint density at radius 1 is 1.17 bits per heavy atom. The van der Waals surface area contributed by atoms with E-state index < -0.39 is 0 Å². The summed E-state index contributed by atoms with van der Waals surface area (Å²) in [7, 11) is 2.16. The molecule has 0 unspecified atom stereocenters. The van der Waals surface area contributed by atoms with Crippen LogP contribution in [0, 0.1) is 0 Å². The second-order valence-electron chi connectivity index (χ2n) is 5.57. The van der Waals surface area contributed by atoms with E-state index in [1.807, 2.05) is 30.3 Å². The number of benzene rings is 1. The number of likely N-dealkylation sites (N-methyl/N-ethyl adjacent to an activating group) is 1. The summed E-state index contributed by atoms with van der Waals surface area (Å²) in [5.41, 5.74) is 1.13. The number of carbonyl (C=O) groups excluding carboxylic acids is 1. The largest absolute Gasteiger partial charge is 0.334 e. The van der Waals surface area contributed by atoms with E-state index in [4.69, 9.17) is 0 Å². The Balaban J connectivity index is 1.70. The number of rotatable bonds is 2. The molecule has 0 aromatic heterocycles. The molecular weight excluding hydrogens is 224 g/mol. The number of nitrogens with zero attached hydrogens (tertiary/aromatic N) is 2.